The number of nitrogens with zero attached hydrogens (tertiary/aromatic N) is 4. The van der Waals surface area contributed by atoms with E-state index in [1.54, 1.807) is 0 Å². The maximum absolute atomic E-state index is 5.36. The largest absolute Gasteiger partial charge is 0.308 e. The van der Waals surface area contributed by atoms with Crippen molar-refractivity contribution in [3.63, 3.8) is 0 Å². The van der Waals surface area contributed by atoms with Crippen LogP contribution >= 0.6 is 0 Å². The van der Waals surface area contributed by atoms with Crippen LogP contribution in [-0.4, -0.2) is 19.5 Å². The molecule has 0 amide bonds. The molecule has 0 aliphatic carbocycles. The summed E-state index contributed by atoms with van der Waals surface area (Å²) >= 11 is 0. The van der Waals surface area contributed by atoms with Crippen molar-refractivity contribution >= 4 is 43.4 Å². The summed E-state index contributed by atoms with van der Waals surface area (Å²) in [7, 11) is 0. The molecule has 57 heavy (non-hydrogen) atoms. The molecule has 0 spiro atoms. The highest BCUT2D eigenvalue weighted by molar-refractivity contribution is 6.14. The summed E-state index contributed by atoms with van der Waals surface area (Å²) in [6.07, 6.45) is 7.55. The molecule has 0 bridgehead atoms. The van der Waals surface area contributed by atoms with E-state index in [0.29, 0.717) is 0 Å². The van der Waals surface area contributed by atoms with Crippen molar-refractivity contribution in [3.05, 3.63) is 207 Å². The predicted molar refractivity (Wildman–Crippen MR) is 236 cm³/mol. The first kappa shape index (κ1) is 32.7. The lowest BCUT2D eigenvalue weighted by atomic mass is 9.93. The topological polar surface area (TPSA) is 43.6 Å². The SMILES string of the molecule is c1ccc(-c2ccc(-n3c4ccc(-c5ccc(-c6cc(-c7ccncc7)cc(-c7cc8ccccc8c8ccccc78)n6)cc5)cc4c4ccncc43)cc2)cc1. The van der Waals surface area contributed by atoms with Crippen LogP contribution in [0.3, 0.4) is 0 Å². The van der Waals surface area contributed by atoms with Crippen molar-refractivity contribution in [1.82, 2.24) is 19.5 Å². The van der Waals surface area contributed by atoms with Crippen LogP contribution in [-0.2, 0) is 0 Å². The zero-order chi connectivity index (χ0) is 37.7. The number of rotatable bonds is 6. The van der Waals surface area contributed by atoms with Crippen LogP contribution in [0.4, 0.5) is 0 Å². The molecule has 266 valence electrons. The van der Waals surface area contributed by atoms with Gasteiger partial charge in [0.2, 0.25) is 0 Å². The minimum atomic E-state index is 0.924. The van der Waals surface area contributed by atoms with E-state index in [9.17, 15) is 0 Å². The van der Waals surface area contributed by atoms with E-state index in [1.807, 2.05) is 24.8 Å². The summed E-state index contributed by atoms with van der Waals surface area (Å²) in [4.78, 5) is 14.2. The molecule has 4 aromatic heterocycles. The Labute approximate surface area is 330 Å². The Morgan fingerprint density at radius 3 is 1.77 bits per heavy atom. The quantitative estimate of drug-likeness (QED) is 0.160. The van der Waals surface area contributed by atoms with E-state index >= 15 is 0 Å². The Bertz CT molecular complexity index is 3260. The van der Waals surface area contributed by atoms with Crippen LogP contribution in [0.1, 0.15) is 0 Å². The molecule has 0 N–H and O–H groups in total. The standard InChI is InChI=1S/C53H34N4/c1-2-8-35(9-3-1)36-18-21-43(22-19-36)57-52-23-20-40(30-49(52)47-26-29-55-34-53(47)57)37-14-16-39(17-15-37)50-32-42(38-24-27-54-28-25-38)33-51(56-50)48-31-41-10-4-5-11-44(41)45-12-6-7-13-46(45)48/h1-34H. The Morgan fingerprint density at radius 2 is 0.947 bits per heavy atom. The lowest BCUT2D eigenvalue weighted by Gasteiger charge is -2.14. The molecule has 4 heteroatoms. The number of benzene rings is 7. The molecule has 0 unspecified atom stereocenters. The maximum atomic E-state index is 5.36. The highest BCUT2D eigenvalue weighted by Gasteiger charge is 2.16. The van der Waals surface area contributed by atoms with Crippen LogP contribution in [0.5, 0.6) is 0 Å². The Hall–Kier alpha value is -7.69. The summed E-state index contributed by atoms with van der Waals surface area (Å²) < 4.78 is 2.32. The summed E-state index contributed by atoms with van der Waals surface area (Å²) in [6.45, 7) is 0. The minimum absolute atomic E-state index is 0.924. The van der Waals surface area contributed by atoms with Gasteiger partial charge in [-0.3, -0.25) is 9.97 Å². The van der Waals surface area contributed by atoms with Crippen molar-refractivity contribution in [1.29, 1.82) is 0 Å². The van der Waals surface area contributed by atoms with Gasteiger partial charge in [0.15, 0.2) is 0 Å². The Balaban J connectivity index is 0.995. The van der Waals surface area contributed by atoms with E-state index in [2.05, 4.69) is 197 Å². The molecule has 0 saturated heterocycles. The first-order chi connectivity index (χ1) is 28.2. The lowest BCUT2D eigenvalue weighted by molar-refractivity contribution is 1.17. The number of aromatic nitrogens is 4. The number of pyridine rings is 3. The van der Waals surface area contributed by atoms with Crippen molar-refractivity contribution in [2.75, 3.05) is 0 Å². The third-order valence-corrected chi connectivity index (χ3v) is 11.2. The molecule has 7 aromatic carbocycles. The van der Waals surface area contributed by atoms with Crippen molar-refractivity contribution in [2.24, 2.45) is 0 Å². The van der Waals surface area contributed by atoms with Crippen LogP contribution in [0.15, 0.2) is 207 Å². The van der Waals surface area contributed by atoms with Crippen molar-refractivity contribution in [3.8, 4) is 61.6 Å². The van der Waals surface area contributed by atoms with Gasteiger partial charge in [-0.05, 0) is 116 Å². The molecular weight excluding hydrogens is 693 g/mol. The first-order valence-electron chi connectivity index (χ1n) is 19.2. The van der Waals surface area contributed by atoms with E-state index in [0.717, 1.165) is 61.5 Å². The molecule has 4 nitrogen and oxygen atoms in total. The second-order valence-electron chi connectivity index (χ2n) is 14.5. The third-order valence-electron chi connectivity index (χ3n) is 11.2. The average molecular weight is 727 g/mol. The highest BCUT2D eigenvalue weighted by atomic mass is 15.0. The van der Waals surface area contributed by atoms with Crippen molar-refractivity contribution in [2.45, 2.75) is 0 Å². The lowest BCUT2D eigenvalue weighted by Crippen LogP contribution is -1.94. The van der Waals surface area contributed by atoms with E-state index < -0.39 is 0 Å². The van der Waals surface area contributed by atoms with Gasteiger partial charge in [-0.1, -0.05) is 121 Å². The van der Waals surface area contributed by atoms with Gasteiger partial charge in [0, 0.05) is 46.2 Å². The van der Waals surface area contributed by atoms with Crippen LogP contribution in [0, 0.1) is 0 Å². The van der Waals surface area contributed by atoms with E-state index in [4.69, 9.17) is 4.98 Å². The number of hydrogen-bond donors (Lipinski definition) is 0. The van der Waals surface area contributed by atoms with E-state index in [-0.39, 0.29) is 0 Å². The monoisotopic (exact) mass is 726 g/mol. The number of hydrogen-bond acceptors (Lipinski definition) is 3. The van der Waals surface area contributed by atoms with Crippen LogP contribution in [0.2, 0.25) is 0 Å². The van der Waals surface area contributed by atoms with Gasteiger partial charge in [0.05, 0.1) is 28.6 Å². The fourth-order valence-electron chi connectivity index (χ4n) is 8.39. The molecular formula is C53H34N4. The highest BCUT2D eigenvalue weighted by Crippen LogP contribution is 2.39. The van der Waals surface area contributed by atoms with Gasteiger partial charge in [0.1, 0.15) is 0 Å². The minimum Gasteiger partial charge on any atom is -0.308 e. The Morgan fingerprint density at radius 1 is 0.333 bits per heavy atom. The molecule has 0 aliphatic rings. The fraction of sp³-hybridized carbons (Fsp3) is 0. The molecule has 0 radical (unpaired) electrons. The second kappa shape index (κ2) is 13.6. The maximum Gasteiger partial charge on any atom is 0.0724 e. The van der Waals surface area contributed by atoms with Gasteiger partial charge in [0.25, 0.3) is 0 Å². The molecule has 0 fully saturated rings. The molecule has 11 aromatic rings. The zero-order valence-electron chi connectivity index (χ0n) is 30.9. The predicted octanol–water partition coefficient (Wildman–Crippen LogP) is 13.6. The normalized spacial score (nSPS) is 11.5. The van der Waals surface area contributed by atoms with Crippen molar-refractivity contribution < 1.29 is 0 Å². The van der Waals surface area contributed by atoms with Gasteiger partial charge < -0.3 is 4.57 Å². The second-order valence-corrected chi connectivity index (χ2v) is 14.5. The molecule has 0 saturated carbocycles. The summed E-state index contributed by atoms with van der Waals surface area (Å²) in [5.41, 5.74) is 14.3. The first-order valence-corrected chi connectivity index (χ1v) is 19.2. The third kappa shape index (κ3) is 5.74. The zero-order valence-corrected chi connectivity index (χ0v) is 30.9. The van der Waals surface area contributed by atoms with Gasteiger partial charge in [-0.2, -0.15) is 0 Å². The van der Waals surface area contributed by atoms with Crippen LogP contribution < -0.4 is 0 Å². The van der Waals surface area contributed by atoms with E-state index in [1.165, 1.54) is 43.4 Å². The summed E-state index contributed by atoms with van der Waals surface area (Å²) in [5.74, 6) is 0. The van der Waals surface area contributed by atoms with Crippen LogP contribution in [0.25, 0.3) is 105 Å². The molecule has 0 aliphatic heterocycles. The molecule has 11 rings (SSSR count). The smallest absolute Gasteiger partial charge is 0.0724 e. The molecule has 4 heterocycles. The van der Waals surface area contributed by atoms with Gasteiger partial charge in [-0.15, -0.1) is 0 Å². The average Bonchev–Trinajstić information content (AvgIpc) is 3.63. The molecule has 0 atom stereocenters. The summed E-state index contributed by atoms with van der Waals surface area (Å²) in [5, 5.41) is 7.23. The number of fused-ring (bicyclic) bond motifs is 6. The van der Waals surface area contributed by atoms with Gasteiger partial charge in [-0.25, -0.2) is 4.98 Å². The summed E-state index contributed by atoms with van der Waals surface area (Å²) in [6, 6.07) is 65.1. The fourth-order valence-corrected chi connectivity index (χ4v) is 8.39. The van der Waals surface area contributed by atoms with Gasteiger partial charge >= 0.3 is 0 Å². The Kier molecular flexibility index (Phi) is 7.78.